The summed E-state index contributed by atoms with van der Waals surface area (Å²) in [5.41, 5.74) is 1.69. The van der Waals surface area contributed by atoms with Crippen LogP contribution in [0.1, 0.15) is 166 Å². The first-order chi connectivity index (χ1) is 29.8. The van der Waals surface area contributed by atoms with Crippen molar-refractivity contribution in [2.75, 3.05) is 0 Å². The average Bonchev–Trinajstić information content (AvgIpc) is 3.24. The minimum atomic E-state index is -4.58. The summed E-state index contributed by atoms with van der Waals surface area (Å²) in [6.45, 7) is 4.48. The smallest absolute Gasteiger partial charge is 0.870 e. The van der Waals surface area contributed by atoms with Gasteiger partial charge < -0.3 is 24.2 Å². The number of hydrogen-bond acceptors (Lipinski definition) is 9. The molecule has 0 atom stereocenters. The molecule has 13 heteroatoms. The van der Waals surface area contributed by atoms with Gasteiger partial charge in [-0.15, -0.1) is 0 Å². The molecule has 0 aliphatic heterocycles. The van der Waals surface area contributed by atoms with E-state index in [2.05, 4.69) is 13.8 Å². The fraction of sp³-hybridized carbons (Fsp3) is 0.520. The van der Waals surface area contributed by atoms with Crippen LogP contribution < -0.4 is 14.6 Å². The Morgan fingerprint density at radius 3 is 1.30 bits per heavy atom. The first-order valence-corrected chi connectivity index (χ1v) is 25.8. The Hall–Kier alpha value is -2.84. The summed E-state index contributed by atoms with van der Waals surface area (Å²) >= 11 is 0. The summed E-state index contributed by atoms with van der Waals surface area (Å²) in [4.78, 5) is -0.618. The SMILES string of the molecule is CCCCCCCCCCCCCc1cccc(O)c1Oc1cccc(S(=O)(=O)O)c1.CCCCCCCCCCCCCc1cccc([O-])c1Oc1cccc(S(=O)(=O)[O-])c1.[Ca+2]. The zero-order valence-corrected chi connectivity index (χ0v) is 41.6. The van der Waals surface area contributed by atoms with Gasteiger partial charge in [-0.25, -0.2) is 8.42 Å². The third-order valence-corrected chi connectivity index (χ3v) is 12.6. The first kappa shape index (κ1) is 56.3. The number of aromatic hydroxyl groups is 1. The number of benzene rings is 4. The van der Waals surface area contributed by atoms with Crippen LogP contribution in [0.2, 0.25) is 0 Å². The van der Waals surface area contributed by atoms with E-state index in [1.807, 2.05) is 12.1 Å². The average molecular weight is 935 g/mol. The van der Waals surface area contributed by atoms with Crippen molar-refractivity contribution >= 4 is 58.0 Å². The predicted octanol–water partition coefficient (Wildman–Crippen LogP) is 13.2. The zero-order chi connectivity index (χ0) is 45.1. The molecule has 0 saturated carbocycles. The maximum absolute atomic E-state index is 12.3. The largest absolute Gasteiger partial charge is 2.00 e. The molecule has 0 amide bonds. The van der Waals surface area contributed by atoms with Gasteiger partial charge >= 0.3 is 37.7 Å². The fourth-order valence-electron chi connectivity index (χ4n) is 7.35. The van der Waals surface area contributed by atoms with Crippen LogP contribution in [0.4, 0.5) is 0 Å². The molecule has 0 unspecified atom stereocenters. The molecular formula is C50H70CaO10S2. The predicted molar refractivity (Wildman–Crippen MR) is 251 cm³/mol. The van der Waals surface area contributed by atoms with Crippen LogP contribution in [0, 0.1) is 0 Å². The third-order valence-electron chi connectivity index (χ3n) is 10.9. The van der Waals surface area contributed by atoms with Crippen LogP contribution in [-0.4, -0.2) is 68.8 Å². The van der Waals surface area contributed by atoms with E-state index in [9.17, 15) is 36.2 Å². The molecule has 0 spiro atoms. The number of unbranched alkanes of at least 4 members (excludes halogenated alkanes) is 20. The van der Waals surface area contributed by atoms with Crippen molar-refractivity contribution < 1.29 is 45.6 Å². The van der Waals surface area contributed by atoms with E-state index in [0.29, 0.717) is 5.75 Å². The van der Waals surface area contributed by atoms with E-state index < -0.39 is 20.2 Å². The molecule has 344 valence electrons. The molecule has 0 aromatic heterocycles. The van der Waals surface area contributed by atoms with Crippen molar-refractivity contribution in [3.63, 3.8) is 0 Å². The van der Waals surface area contributed by atoms with Gasteiger partial charge in [-0.05, 0) is 73.2 Å². The quantitative estimate of drug-likeness (QED) is 0.0291. The number of phenolic OH excluding ortho intramolecular Hbond substituents is 1. The molecule has 0 aliphatic rings. The second-order valence-electron chi connectivity index (χ2n) is 16.2. The van der Waals surface area contributed by atoms with Gasteiger partial charge in [0.1, 0.15) is 27.4 Å². The molecule has 0 saturated heterocycles. The number of rotatable bonds is 30. The van der Waals surface area contributed by atoms with Crippen LogP contribution in [0.15, 0.2) is 94.7 Å². The van der Waals surface area contributed by atoms with Gasteiger partial charge in [0.2, 0.25) is 0 Å². The molecule has 0 bridgehead atoms. The molecule has 4 aromatic rings. The van der Waals surface area contributed by atoms with Crippen molar-refractivity contribution in [1.29, 1.82) is 0 Å². The zero-order valence-electron chi connectivity index (χ0n) is 37.7. The Bertz CT molecular complexity index is 1940. The van der Waals surface area contributed by atoms with E-state index in [1.54, 1.807) is 24.3 Å². The second kappa shape index (κ2) is 31.9. The van der Waals surface area contributed by atoms with Crippen molar-refractivity contribution in [2.45, 2.75) is 178 Å². The normalized spacial score (nSPS) is 11.4. The van der Waals surface area contributed by atoms with Crippen LogP contribution in [0.3, 0.4) is 0 Å². The molecular weight excluding hydrogens is 865 g/mol. The standard InChI is InChI=1S/2C25H36O5S.Ca/c2*1-2-3-4-5-6-7-8-9-10-11-12-15-21-16-13-19-24(26)25(21)30-22-17-14-18-23(20-22)31(27,28)29;/h2*13-14,16-20,26H,2-12,15H2,1H3,(H,27,28,29);/q;;+2/p-2. The molecule has 0 fully saturated rings. The number of para-hydroxylation sites is 2. The Kier molecular flexibility index (Phi) is 28.5. The minimum Gasteiger partial charge on any atom is -0.870 e. The molecule has 10 nitrogen and oxygen atoms in total. The molecule has 4 rings (SSSR count). The Morgan fingerprint density at radius 1 is 0.492 bits per heavy atom. The van der Waals surface area contributed by atoms with Gasteiger partial charge in [0.25, 0.3) is 10.1 Å². The first-order valence-electron chi connectivity index (χ1n) is 22.9. The number of phenols is 1. The van der Waals surface area contributed by atoms with Gasteiger partial charge in [0.15, 0.2) is 11.5 Å². The molecule has 0 aliphatic carbocycles. The van der Waals surface area contributed by atoms with Crippen LogP contribution in [-0.2, 0) is 33.1 Å². The van der Waals surface area contributed by atoms with Crippen molar-refractivity contribution in [2.24, 2.45) is 0 Å². The Balaban J connectivity index is 0.000000427. The minimum absolute atomic E-state index is 0. The maximum atomic E-state index is 12.3. The summed E-state index contributed by atoms with van der Waals surface area (Å²) in [6, 6.07) is 21.2. The fourth-order valence-corrected chi connectivity index (χ4v) is 8.37. The van der Waals surface area contributed by atoms with Crippen molar-refractivity contribution in [3.05, 3.63) is 96.1 Å². The number of aryl methyl sites for hydroxylation is 2. The van der Waals surface area contributed by atoms with E-state index in [-0.39, 0.29) is 76.3 Å². The topological polar surface area (TPSA) is 173 Å². The molecule has 4 aromatic carbocycles. The van der Waals surface area contributed by atoms with Crippen molar-refractivity contribution in [1.82, 2.24) is 0 Å². The van der Waals surface area contributed by atoms with E-state index in [4.69, 9.17) is 9.47 Å². The number of hydrogen-bond donors (Lipinski definition) is 2. The van der Waals surface area contributed by atoms with Gasteiger partial charge in [-0.1, -0.05) is 190 Å². The van der Waals surface area contributed by atoms with Gasteiger partial charge in [0, 0.05) is 6.07 Å². The van der Waals surface area contributed by atoms with Gasteiger partial charge in [-0.3, -0.25) is 4.55 Å². The summed E-state index contributed by atoms with van der Waals surface area (Å²) < 4.78 is 77.1. The van der Waals surface area contributed by atoms with Crippen molar-refractivity contribution in [3.8, 4) is 34.5 Å². The van der Waals surface area contributed by atoms with E-state index >= 15 is 0 Å². The maximum Gasteiger partial charge on any atom is 2.00 e. The summed E-state index contributed by atoms with van der Waals surface area (Å²) in [5, 5.41) is 22.6. The second-order valence-corrected chi connectivity index (χ2v) is 19.0. The molecule has 0 heterocycles. The van der Waals surface area contributed by atoms with Crippen LogP contribution in [0.5, 0.6) is 34.5 Å². The Labute approximate surface area is 408 Å². The van der Waals surface area contributed by atoms with Crippen LogP contribution >= 0.6 is 0 Å². The summed E-state index contributed by atoms with van der Waals surface area (Å²) in [6.07, 6.45) is 29.2. The monoisotopic (exact) mass is 934 g/mol. The Morgan fingerprint density at radius 2 is 0.857 bits per heavy atom. The van der Waals surface area contributed by atoms with Crippen LogP contribution in [0.25, 0.3) is 0 Å². The molecule has 63 heavy (non-hydrogen) atoms. The third kappa shape index (κ3) is 23.3. The number of ether oxygens (including phenoxy) is 2. The molecule has 2 N–H and O–H groups in total. The van der Waals surface area contributed by atoms with E-state index in [0.717, 1.165) is 55.7 Å². The molecule has 0 radical (unpaired) electrons. The van der Waals surface area contributed by atoms with Gasteiger partial charge in [-0.2, -0.15) is 8.42 Å². The summed E-state index contributed by atoms with van der Waals surface area (Å²) in [7, 11) is -8.89. The summed E-state index contributed by atoms with van der Waals surface area (Å²) in [5.74, 6) is 0.711. The van der Waals surface area contributed by atoms with E-state index in [1.165, 1.54) is 158 Å². The van der Waals surface area contributed by atoms with Gasteiger partial charge in [0.05, 0.1) is 9.79 Å².